The zero-order valence-electron chi connectivity index (χ0n) is 30.8. The highest BCUT2D eigenvalue weighted by Gasteiger charge is 2.21. The fourth-order valence-electron chi connectivity index (χ4n) is 6.85. The lowest BCUT2D eigenvalue weighted by Crippen LogP contribution is -2.39. The standard InChI is InChI=1S/C43H40Cl2N6O6/c44-37-14-31(19-48-38(24-52)43(54)55)41(57-26-30-13-29(16-46)17-47-18-30)15-32(37)22-51-39-5-1-3-34(36(39)20-49-51)35-4-2-6-40(42(35)45)56-25-28-9-7-27(8-10-28)21-50-12-11-33(53)23-50/h1-10,13-15,17-18,20,33,38,48,52-53H,11-12,19,21-26H2,(H,54,55)/t33-,38+/m1/s1. The third-order valence-electron chi connectivity index (χ3n) is 9.90. The van der Waals surface area contributed by atoms with E-state index in [1.165, 1.54) is 11.8 Å². The lowest BCUT2D eigenvalue weighted by Gasteiger charge is -2.18. The van der Waals surface area contributed by atoms with Crippen LogP contribution >= 0.6 is 23.2 Å². The number of likely N-dealkylation sites (tertiary alicyclic amines) is 1. The maximum atomic E-state index is 11.6. The highest BCUT2D eigenvalue weighted by molar-refractivity contribution is 6.35. The summed E-state index contributed by atoms with van der Waals surface area (Å²) in [6, 6.07) is 26.0. The summed E-state index contributed by atoms with van der Waals surface area (Å²) >= 11 is 13.9. The van der Waals surface area contributed by atoms with Gasteiger partial charge < -0.3 is 24.8 Å². The van der Waals surface area contributed by atoms with Gasteiger partial charge in [0, 0.05) is 65.7 Å². The van der Waals surface area contributed by atoms with E-state index >= 15 is 0 Å². The van der Waals surface area contributed by atoms with Crippen molar-refractivity contribution in [3.05, 3.63) is 141 Å². The monoisotopic (exact) mass is 806 g/mol. The number of hydrogen-bond acceptors (Lipinski definition) is 10. The predicted molar refractivity (Wildman–Crippen MR) is 216 cm³/mol. The molecule has 4 aromatic carbocycles. The van der Waals surface area contributed by atoms with Crippen LogP contribution in [0.25, 0.3) is 22.0 Å². The van der Waals surface area contributed by atoms with Gasteiger partial charge in [0.15, 0.2) is 0 Å². The maximum Gasteiger partial charge on any atom is 0.323 e. The summed E-state index contributed by atoms with van der Waals surface area (Å²) in [5.74, 6) is -0.192. The zero-order chi connectivity index (χ0) is 39.9. The third kappa shape index (κ3) is 9.55. The Morgan fingerprint density at radius 3 is 2.42 bits per heavy atom. The van der Waals surface area contributed by atoms with Gasteiger partial charge in [0.2, 0.25) is 0 Å². The Balaban J connectivity index is 1.10. The molecule has 57 heavy (non-hydrogen) atoms. The Bertz CT molecular complexity index is 2420. The summed E-state index contributed by atoms with van der Waals surface area (Å²) < 4.78 is 14.3. The number of rotatable bonds is 16. The largest absolute Gasteiger partial charge is 0.489 e. The summed E-state index contributed by atoms with van der Waals surface area (Å²) in [6.07, 6.45) is 5.43. The van der Waals surface area contributed by atoms with Crippen LogP contribution in [0.4, 0.5) is 0 Å². The summed E-state index contributed by atoms with van der Waals surface area (Å²) in [5.41, 5.74) is 7.06. The highest BCUT2D eigenvalue weighted by atomic mass is 35.5. The van der Waals surface area contributed by atoms with Crippen LogP contribution in [0.15, 0.2) is 97.5 Å². The van der Waals surface area contributed by atoms with Crippen molar-refractivity contribution in [3.8, 4) is 28.7 Å². The molecule has 0 aliphatic carbocycles. The molecule has 0 amide bonds. The average Bonchev–Trinajstić information content (AvgIpc) is 3.83. The van der Waals surface area contributed by atoms with E-state index < -0.39 is 18.6 Å². The molecule has 1 aliphatic heterocycles. The van der Waals surface area contributed by atoms with Gasteiger partial charge in [0.25, 0.3) is 0 Å². The number of hydrogen-bond donors (Lipinski definition) is 4. The molecule has 1 saturated heterocycles. The van der Waals surface area contributed by atoms with E-state index in [4.69, 9.17) is 37.8 Å². The van der Waals surface area contributed by atoms with E-state index in [2.05, 4.69) is 45.5 Å². The Morgan fingerprint density at radius 1 is 0.912 bits per heavy atom. The van der Waals surface area contributed by atoms with E-state index in [-0.39, 0.29) is 25.8 Å². The second-order valence-electron chi connectivity index (χ2n) is 13.9. The van der Waals surface area contributed by atoms with E-state index in [1.807, 2.05) is 41.1 Å². The maximum absolute atomic E-state index is 11.6. The lowest BCUT2D eigenvalue weighted by atomic mass is 10.0. The number of nitrogens with zero attached hydrogens (tertiary/aromatic N) is 5. The average molecular weight is 808 g/mol. The minimum absolute atomic E-state index is 0.0541. The van der Waals surface area contributed by atoms with E-state index in [9.17, 15) is 25.4 Å². The van der Waals surface area contributed by atoms with Crippen LogP contribution in [0.2, 0.25) is 10.0 Å². The van der Waals surface area contributed by atoms with E-state index in [0.29, 0.717) is 56.9 Å². The number of ether oxygens (including phenoxy) is 2. The van der Waals surface area contributed by atoms with Crippen LogP contribution in [0.3, 0.4) is 0 Å². The molecule has 12 nitrogen and oxygen atoms in total. The molecule has 3 heterocycles. The van der Waals surface area contributed by atoms with Crippen molar-refractivity contribution in [3.63, 3.8) is 0 Å². The minimum Gasteiger partial charge on any atom is -0.489 e. The fourth-order valence-corrected chi connectivity index (χ4v) is 7.38. The first-order valence-corrected chi connectivity index (χ1v) is 19.1. The smallest absolute Gasteiger partial charge is 0.323 e. The summed E-state index contributed by atoms with van der Waals surface area (Å²) in [4.78, 5) is 17.9. The van der Waals surface area contributed by atoms with Crippen LogP contribution in [0.1, 0.15) is 39.8 Å². The van der Waals surface area contributed by atoms with Crippen molar-refractivity contribution in [2.45, 2.75) is 51.4 Å². The number of carboxylic acid groups (broad SMARTS) is 1. The fraction of sp³-hybridized carbons (Fsp3) is 0.256. The highest BCUT2D eigenvalue weighted by Crippen LogP contribution is 2.39. The first-order valence-electron chi connectivity index (χ1n) is 18.4. The number of nitriles is 1. The molecular formula is C43H40Cl2N6O6. The Labute approximate surface area is 339 Å². The number of pyridine rings is 1. The molecule has 0 spiro atoms. The number of halogens is 2. The quantitative estimate of drug-likeness (QED) is 0.0835. The first kappa shape index (κ1) is 39.7. The van der Waals surface area contributed by atoms with E-state index in [1.54, 1.807) is 30.6 Å². The number of aliphatic hydroxyl groups excluding tert-OH is 2. The van der Waals surface area contributed by atoms with Crippen LogP contribution in [0, 0.1) is 11.3 Å². The van der Waals surface area contributed by atoms with Gasteiger partial charge in [-0.2, -0.15) is 10.4 Å². The van der Waals surface area contributed by atoms with Crippen LogP contribution < -0.4 is 14.8 Å². The molecule has 0 radical (unpaired) electrons. The molecular weight excluding hydrogens is 767 g/mol. The SMILES string of the molecule is N#Cc1cncc(COc2cc(Cn3ncc4c(-c5cccc(OCc6ccc(CN7CC[C@@H](O)C7)cc6)c5Cl)cccc43)c(Cl)cc2CN[C@@H](CO)C(=O)O)c1. The molecule has 4 N–H and O–H groups in total. The normalized spacial score (nSPS) is 14.8. The molecule has 0 saturated carbocycles. The molecule has 0 bridgehead atoms. The molecule has 14 heteroatoms. The van der Waals surface area contributed by atoms with Crippen molar-refractivity contribution in [2.24, 2.45) is 0 Å². The topological polar surface area (TPSA) is 166 Å². The number of fused-ring (bicyclic) bond motifs is 1. The van der Waals surface area contributed by atoms with E-state index in [0.717, 1.165) is 47.1 Å². The summed E-state index contributed by atoms with van der Waals surface area (Å²) in [6.45, 7) is 2.60. The van der Waals surface area contributed by atoms with Crippen LogP contribution in [-0.2, 0) is 37.6 Å². The van der Waals surface area contributed by atoms with Crippen LogP contribution in [0.5, 0.6) is 11.5 Å². The molecule has 292 valence electrons. The lowest BCUT2D eigenvalue weighted by molar-refractivity contribution is -0.140. The number of aliphatic hydroxyl groups is 2. The van der Waals surface area contributed by atoms with Crippen molar-refractivity contribution >= 4 is 40.1 Å². The van der Waals surface area contributed by atoms with Gasteiger partial charge in [0.1, 0.15) is 36.8 Å². The number of benzene rings is 4. The second-order valence-corrected chi connectivity index (χ2v) is 14.7. The van der Waals surface area contributed by atoms with Crippen molar-refractivity contribution in [1.82, 2.24) is 25.0 Å². The number of aliphatic carboxylic acids is 1. The Hall–Kier alpha value is -5.52. The first-order chi connectivity index (χ1) is 27.7. The molecule has 2 aromatic heterocycles. The zero-order valence-corrected chi connectivity index (χ0v) is 32.3. The molecule has 0 unspecified atom stereocenters. The van der Waals surface area contributed by atoms with Crippen molar-refractivity contribution in [1.29, 1.82) is 5.26 Å². The molecule has 6 aromatic rings. The van der Waals surface area contributed by atoms with Gasteiger partial charge in [0.05, 0.1) is 41.6 Å². The van der Waals surface area contributed by atoms with Crippen molar-refractivity contribution < 1.29 is 29.6 Å². The molecule has 2 atom stereocenters. The Morgan fingerprint density at radius 2 is 1.67 bits per heavy atom. The molecule has 1 aliphatic rings. The van der Waals surface area contributed by atoms with Gasteiger partial charge in [-0.15, -0.1) is 0 Å². The number of carboxylic acids is 1. The molecule has 7 rings (SSSR count). The number of β-amino-alcohol motifs (C(OH)–C–C–N with tert-alkyl or cyclic N) is 1. The number of nitrogens with one attached hydrogen (secondary N) is 1. The number of aromatic nitrogens is 3. The Kier molecular flexibility index (Phi) is 12.7. The van der Waals surface area contributed by atoms with Gasteiger partial charge in [-0.25, -0.2) is 0 Å². The van der Waals surface area contributed by atoms with Gasteiger partial charge in [-0.05, 0) is 59.0 Å². The van der Waals surface area contributed by atoms with Gasteiger partial charge in [-0.3, -0.25) is 24.7 Å². The third-order valence-corrected chi connectivity index (χ3v) is 10.6. The van der Waals surface area contributed by atoms with Gasteiger partial charge in [-0.1, -0.05) is 71.7 Å². The molecule has 1 fully saturated rings. The number of carbonyl (C=O) groups is 1. The summed E-state index contributed by atoms with van der Waals surface area (Å²) in [5, 5.41) is 47.5. The second kappa shape index (κ2) is 18.2. The van der Waals surface area contributed by atoms with Crippen molar-refractivity contribution in [2.75, 3.05) is 19.7 Å². The van der Waals surface area contributed by atoms with Crippen LogP contribution in [-0.4, -0.2) is 72.8 Å². The van der Waals surface area contributed by atoms with Gasteiger partial charge >= 0.3 is 5.97 Å². The summed E-state index contributed by atoms with van der Waals surface area (Å²) in [7, 11) is 0. The predicted octanol–water partition coefficient (Wildman–Crippen LogP) is 6.58. The minimum atomic E-state index is -1.19.